The molecule has 1 rings (SSSR count). The lowest BCUT2D eigenvalue weighted by molar-refractivity contribution is -0.671. The van der Waals surface area contributed by atoms with E-state index in [9.17, 15) is 0 Å². The molecule has 112 valence electrons. The van der Waals surface area contributed by atoms with Gasteiger partial charge in [-0.15, -0.1) is 0 Å². The van der Waals surface area contributed by atoms with Crippen molar-refractivity contribution in [2.75, 3.05) is 6.26 Å². The Morgan fingerprint density at radius 1 is 1.26 bits per heavy atom. The number of aromatic nitrogens is 2. The lowest BCUT2D eigenvalue weighted by Gasteiger charge is -2.11. The zero-order chi connectivity index (χ0) is 14.9. The second-order valence-electron chi connectivity index (χ2n) is 4.82. The van der Waals surface area contributed by atoms with Crippen LogP contribution in [0.4, 0.5) is 0 Å². The van der Waals surface area contributed by atoms with E-state index in [-0.39, 0.29) is 0 Å². The molecule has 5 nitrogen and oxygen atoms in total. The Morgan fingerprint density at radius 2 is 1.84 bits per heavy atom. The normalized spacial score (nSPS) is 12.7. The number of hydrogen-bond donors (Lipinski definition) is 0. The van der Waals surface area contributed by atoms with Crippen molar-refractivity contribution >= 4 is 10.1 Å². The fraction of sp³-hybridized carbons (Fsp3) is 0.769. The summed E-state index contributed by atoms with van der Waals surface area (Å²) in [7, 11) is -1.83. The van der Waals surface area contributed by atoms with Crippen molar-refractivity contribution in [1.82, 2.24) is 4.57 Å². The molecule has 0 aliphatic heterocycles. The van der Waals surface area contributed by atoms with E-state index in [1.54, 1.807) is 0 Å². The first-order chi connectivity index (χ1) is 8.77. The molecule has 0 spiro atoms. The number of unbranched alkanes of at least 4 members (excludes halogenated alkanes) is 1. The lowest BCUT2D eigenvalue weighted by Crippen LogP contribution is -2.24. The average molecular weight is 290 g/mol. The number of rotatable bonds is 6. The molecule has 0 aliphatic rings. The van der Waals surface area contributed by atoms with E-state index < -0.39 is 10.1 Å². The molecular weight excluding hydrogens is 264 g/mol. The standard InChI is InChI=1S/C12H23N2.CH4O3S/c1-4-6-8-12(7-5-2)14-10-9-13(3)11-14;1-5(2,3)4/h9-12H,4-8H2,1-3H3;1H3,(H,2,3,4)/q+1;/p-1. The van der Waals surface area contributed by atoms with Crippen LogP contribution in [0.25, 0.3) is 0 Å². The van der Waals surface area contributed by atoms with E-state index in [2.05, 4.69) is 48.8 Å². The Hall–Kier alpha value is -0.880. The van der Waals surface area contributed by atoms with Gasteiger partial charge in [0.1, 0.15) is 18.4 Å². The highest BCUT2D eigenvalue weighted by Gasteiger charge is 2.14. The Morgan fingerprint density at radius 3 is 2.21 bits per heavy atom. The minimum Gasteiger partial charge on any atom is -0.748 e. The highest BCUT2D eigenvalue weighted by atomic mass is 32.2. The van der Waals surface area contributed by atoms with Crippen molar-refractivity contribution < 1.29 is 17.5 Å². The van der Waals surface area contributed by atoms with Gasteiger partial charge in [0.05, 0.1) is 17.2 Å². The van der Waals surface area contributed by atoms with Crippen molar-refractivity contribution in [2.24, 2.45) is 7.05 Å². The second-order valence-corrected chi connectivity index (χ2v) is 6.22. The molecule has 0 fully saturated rings. The van der Waals surface area contributed by atoms with Crippen molar-refractivity contribution in [3.63, 3.8) is 0 Å². The summed E-state index contributed by atoms with van der Waals surface area (Å²) in [5.41, 5.74) is 0. The van der Waals surface area contributed by atoms with Crippen LogP contribution in [-0.4, -0.2) is 23.8 Å². The molecular formula is C13H26N2O3S. The van der Waals surface area contributed by atoms with E-state index in [0.717, 1.165) is 0 Å². The first-order valence-corrected chi connectivity index (χ1v) is 8.53. The third-order valence-electron chi connectivity index (χ3n) is 2.72. The zero-order valence-electron chi connectivity index (χ0n) is 12.4. The Labute approximate surface area is 117 Å². The van der Waals surface area contributed by atoms with Gasteiger partial charge in [-0.05, 0) is 19.3 Å². The maximum atomic E-state index is 9.08. The number of imidazole rings is 1. The third kappa shape index (κ3) is 10.7. The van der Waals surface area contributed by atoms with Gasteiger partial charge in [0.2, 0.25) is 6.33 Å². The van der Waals surface area contributed by atoms with Crippen molar-refractivity contribution in [3.8, 4) is 0 Å². The summed E-state index contributed by atoms with van der Waals surface area (Å²) in [6.45, 7) is 4.53. The van der Waals surface area contributed by atoms with Gasteiger partial charge in [-0.1, -0.05) is 26.7 Å². The lowest BCUT2D eigenvalue weighted by atomic mass is 10.1. The van der Waals surface area contributed by atoms with Gasteiger partial charge in [0.25, 0.3) is 0 Å². The monoisotopic (exact) mass is 290 g/mol. The molecule has 1 aromatic rings. The number of nitrogens with zero attached hydrogens (tertiary/aromatic N) is 2. The number of hydrogen-bond acceptors (Lipinski definition) is 3. The van der Waals surface area contributed by atoms with Gasteiger partial charge in [-0.25, -0.2) is 17.6 Å². The van der Waals surface area contributed by atoms with Gasteiger partial charge in [0.15, 0.2) is 0 Å². The summed E-state index contributed by atoms with van der Waals surface area (Å²) in [5, 5.41) is 0. The summed E-state index contributed by atoms with van der Waals surface area (Å²) >= 11 is 0. The van der Waals surface area contributed by atoms with Crippen molar-refractivity contribution in [1.29, 1.82) is 0 Å². The maximum absolute atomic E-state index is 9.08. The minimum absolute atomic E-state index is 0.604. The SMILES string of the molecule is CCCCC(CCC)n1cc[n+](C)c1.CS(=O)(=O)[O-]. The average Bonchev–Trinajstić information content (AvgIpc) is 2.68. The minimum atomic E-state index is -3.92. The molecule has 0 radical (unpaired) electrons. The molecule has 19 heavy (non-hydrogen) atoms. The molecule has 1 aromatic heterocycles. The summed E-state index contributed by atoms with van der Waals surface area (Å²) in [5.74, 6) is 0. The highest BCUT2D eigenvalue weighted by molar-refractivity contribution is 7.84. The van der Waals surface area contributed by atoms with Crippen molar-refractivity contribution in [3.05, 3.63) is 18.7 Å². The third-order valence-corrected chi connectivity index (χ3v) is 2.72. The molecule has 0 aromatic carbocycles. The Kier molecular flexibility index (Phi) is 8.67. The largest absolute Gasteiger partial charge is 0.748 e. The smallest absolute Gasteiger partial charge is 0.243 e. The molecule has 1 heterocycles. The number of aryl methyl sites for hydroxylation is 1. The highest BCUT2D eigenvalue weighted by Crippen LogP contribution is 2.19. The van der Waals surface area contributed by atoms with Crippen LogP contribution in [0.3, 0.4) is 0 Å². The molecule has 0 aliphatic carbocycles. The van der Waals surface area contributed by atoms with Crippen LogP contribution in [-0.2, 0) is 17.2 Å². The predicted octanol–water partition coefficient (Wildman–Crippen LogP) is 2.01. The Balaban J connectivity index is 0.000000555. The molecule has 0 saturated carbocycles. The molecule has 1 atom stereocenters. The van der Waals surface area contributed by atoms with Crippen LogP contribution in [0.5, 0.6) is 0 Å². The summed E-state index contributed by atoms with van der Waals surface area (Å²) in [6.07, 6.45) is 13.6. The van der Waals surface area contributed by atoms with E-state index >= 15 is 0 Å². The van der Waals surface area contributed by atoms with Crippen LogP contribution >= 0.6 is 0 Å². The van der Waals surface area contributed by atoms with Gasteiger partial charge in [-0.2, -0.15) is 0 Å². The van der Waals surface area contributed by atoms with Crippen LogP contribution < -0.4 is 4.57 Å². The van der Waals surface area contributed by atoms with Gasteiger partial charge >= 0.3 is 0 Å². The summed E-state index contributed by atoms with van der Waals surface area (Å²) in [4.78, 5) is 0. The predicted molar refractivity (Wildman–Crippen MR) is 74.7 cm³/mol. The van der Waals surface area contributed by atoms with Crippen LogP contribution in [0, 0.1) is 0 Å². The molecule has 1 unspecified atom stereocenters. The van der Waals surface area contributed by atoms with E-state index in [1.807, 2.05) is 0 Å². The van der Waals surface area contributed by atoms with Crippen LogP contribution in [0.15, 0.2) is 18.7 Å². The van der Waals surface area contributed by atoms with Gasteiger partial charge < -0.3 is 4.55 Å². The molecule has 6 heteroatoms. The van der Waals surface area contributed by atoms with Gasteiger partial charge in [0, 0.05) is 6.26 Å². The first kappa shape index (κ1) is 18.1. The molecule has 0 saturated heterocycles. The van der Waals surface area contributed by atoms with Crippen molar-refractivity contribution in [2.45, 2.75) is 52.0 Å². The molecule has 0 amide bonds. The maximum Gasteiger partial charge on any atom is 0.243 e. The van der Waals surface area contributed by atoms with Crippen LogP contribution in [0.2, 0.25) is 0 Å². The molecule has 0 N–H and O–H groups in total. The van der Waals surface area contributed by atoms with E-state index in [4.69, 9.17) is 13.0 Å². The fourth-order valence-electron chi connectivity index (χ4n) is 1.90. The van der Waals surface area contributed by atoms with E-state index in [0.29, 0.717) is 12.3 Å². The fourth-order valence-corrected chi connectivity index (χ4v) is 1.90. The summed E-state index contributed by atoms with van der Waals surface area (Å²) < 4.78 is 31.7. The zero-order valence-corrected chi connectivity index (χ0v) is 13.2. The quantitative estimate of drug-likeness (QED) is 0.594. The van der Waals surface area contributed by atoms with E-state index in [1.165, 1.54) is 32.1 Å². The topological polar surface area (TPSA) is 66.0 Å². The summed E-state index contributed by atoms with van der Waals surface area (Å²) in [6, 6.07) is 0.709. The second kappa shape index (κ2) is 9.09. The van der Waals surface area contributed by atoms with Gasteiger partial charge in [-0.3, -0.25) is 0 Å². The van der Waals surface area contributed by atoms with Crippen LogP contribution in [0.1, 0.15) is 52.0 Å². The Bertz CT molecular complexity index is 432. The first-order valence-electron chi connectivity index (χ1n) is 6.71. The molecule has 0 bridgehead atoms.